The summed E-state index contributed by atoms with van der Waals surface area (Å²) in [6.07, 6.45) is 19.5. The van der Waals surface area contributed by atoms with Gasteiger partial charge in [0.1, 0.15) is 12.1 Å². The fourth-order valence-electron chi connectivity index (χ4n) is 4.35. The van der Waals surface area contributed by atoms with Crippen LogP contribution in [0.25, 0.3) is 0 Å². The predicted octanol–water partition coefficient (Wildman–Crippen LogP) is 8.34. The molecule has 200 valence electrons. The maximum Gasteiger partial charge on any atom is 0.353 e. The van der Waals surface area contributed by atoms with Crippen LogP contribution in [0.1, 0.15) is 102 Å². The van der Waals surface area contributed by atoms with Crippen LogP contribution in [0.4, 0.5) is 23.0 Å². The van der Waals surface area contributed by atoms with E-state index < -0.39 is 4.92 Å². The molecule has 0 unspecified atom stereocenters. The van der Waals surface area contributed by atoms with Gasteiger partial charge in [0.2, 0.25) is 11.6 Å². The van der Waals surface area contributed by atoms with Crippen LogP contribution in [0.15, 0.2) is 24.5 Å². The molecule has 36 heavy (non-hydrogen) atoms. The number of benzene rings is 1. The third-order valence-electron chi connectivity index (χ3n) is 6.44. The van der Waals surface area contributed by atoms with Crippen molar-refractivity contribution in [3.63, 3.8) is 0 Å². The second-order valence-corrected chi connectivity index (χ2v) is 9.53. The molecule has 0 saturated heterocycles. The number of nitrogens with one attached hydrogen (secondary N) is 2. The molecule has 1 aromatic heterocycles. The van der Waals surface area contributed by atoms with Gasteiger partial charge in [0.15, 0.2) is 0 Å². The summed E-state index contributed by atoms with van der Waals surface area (Å²) in [7, 11) is 1.56. The van der Waals surface area contributed by atoms with Gasteiger partial charge in [0, 0.05) is 6.54 Å². The van der Waals surface area contributed by atoms with Gasteiger partial charge in [-0.25, -0.2) is 9.97 Å². The van der Waals surface area contributed by atoms with Crippen LogP contribution in [0, 0.1) is 17.0 Å². The van der Waals surface area contributed by atoms with Crippen LogP contribution >= 0.6 is 0 Å². The maximum absolute atomic E-state index is 11.8. The Morgan fingerprint density at radius 3 is 1.97 bits per heavy atom. The molecule has 0 radical (unpaired) electrons. The quantitative estimate of drug-likeness (QED) is 0.107. The molecule has 2 rings (SSSR count). The average molecular weight is 500 g/mol. The van der Waals surface area contributed by atoms with Crippen LogP contribution in [-0.2, 0) is 0 Å². The molecule has 8 nitrogen and oxygen atoms in total. The minimum absolute atomic E-state index is 0.141. The van der Waals surface area contributed by atoms with Crippen LogP contribution in [0.2, 0.25) is 0 Å². The molecular formula is C28H45N5O3. The largest absolute Gasteiger partial charge is 0.495 e. The Kier molecular flexibility index (Phi) is 14.3. The molecular weight excluding hydrogens is 454 g/mol. The number of anilines is 3. The molecule has 0 fully saturated rings. The number of ether oxygens (including phenoxy) is 1. The van der Waals surface area contributed by atoms with Crippen LogP contribution < -0.4 is 15.4 Å². The molecule has 0 aliphatic heterocycles. The van der Waals surface area contributed by atoms with Gasteiger partial charge in [-0.05, 0) is 31.0 Å². The monoisotopic (exact) mass is 499 g/mol. The molecule has 0 saturated carbocycles. The van der Waals surface area contributed by atoms with Gasteiger partial charge in [-0.2, -0.15) is 0 Å². The minimum Gasteiger partial charge on any atom is -0.495 e. The molecule has 0 amide bonds. The number of unbranched alkanes of at least 4 members (excludes halogenated alkanes) is 13. The van der Waals surface area contributed by atoms with Crippen molar-refractivity contribution < 1.29 is 9.66 Å². The Hall–Kier alpha value is -2.90. The molecule has 0 aliphatic rings. The number of nitrogens with zero attached hydrogens (tertiary/aromatic N) is 3. The van der Waals surface area contributed by atoms with E-state index in [1.165, 1.54) is 83.4 Å². The second-order valence-electron chi connectivity index (χ2n) is 9.53. The van der Waals surface area contributed by atoms with Crippen LogP contribution in [-0.4, -0.2) is 28.5 Å². The Morgan fingerprint density at radius 1 is 0.861 bits per heavy atom. The van der Waals surface area contributed by atoms with Crippen molar-refractivity contribution in [3.8, 4) is 5.75 Å². The molecule has 2 aromatic rings. The summed E-state index contributed by atoms with van der Waals surface area (Å²) in [6.45, 7) is 4.85. The van der Waals surface area contributed by atoms with Gasteiger partial charge < -0.3 is 15.4 Å². The number of aryl methyl sites for hydroxylation is 1. The highest BCUT2D eigenvalue weighted by molar-refractivity contribution is 5.76. The first-order valence-electron chi connectivity index (χ1n) is 13.7. The number of methoxy groups -OCH3 is 1. The van der Waals surface area contributed by atoms with Crippen LogP contribution in [0.3, 0.4) is 0 Å². The van der Waals surface area contributed by atoms with E-state index in [-0.39, 0.29) is 17.3 Å². The number of hydrogen-bond donors (Lipinski definition) is 2. The summed E-state index contributed by atoms with van der Waals surface area (Å²) in [5.74, 6) is 0.964. The van der Waals surface area contributed by atoms with Crippen molar-refractivity contribution in [2.24, 2.45) is 0 Å². The Bertz CT molecular complexity index is 907. The van der Waals surface area contributed by atoms with E-state index in [4.69, 9.17) is 4.74 Å². The molecule has 8 heteroatoms. The summed E-state index contributed by atoms with van der Waals surface area (Å²) < 4.78 is 5.37. The fraction of sp³-hybridized carbons (Fsp3) is 0.643. The lowest BCUT2D eigenvalue weighted by molar-refractivity contribution is -0.383. The third kappa shape index (κ3) is 10.8. The van der Waals surface area contributed by atoms with E-state index >= 15 is 0 Å². The molecule has 1 aromatic carbocycles. The highest BCUT2D eigenvalue weighted by Gasteiger charge is 2.23. The van der Waals surface area contributed by atoms with E-state index in [1.807, 2.05) is 25.1 Å². The third-order valence-corrected chi connectivity index (χ3v) is 6.44. The summed E-state index contributed by atoms with van der Waals surface area (Å²) in [6, 6.07) is 5.60. The van der Waals surface area contributed by atoms with Gasteiger partial charge in [-0.15, -0.1) is 0 Å². The van der Waals surface area contributed by atoms with Crippen LogP contribution in [0.5, 0.6) is 5.75 Å². The Balaban J connectivity index is 1.69. The second kappa shape index (κ2) is 17.5. The van der Waals surface area contributed by atoms with Crippen molar-refractivity contribution in [1.29, 1.82) is 0 Å². The molecule has 0 aliphatic carbocycles. The van der Waals surface area contributed by atoms with Crippen molar-refractivity contribution in [2.45, 2.75) is 104 Å². The van der Waals surface area contributed by atoms with Crippen molar-refractivity contribution in [3.05, 3.63) is 40.2 Å². The summed E-state index contributed by atoms with van der Waals surface area (Å²) in [4.78, 5) is 19.6. The molecule has 1 heterocycles. The van der Waals surface area contributed by atoms with E-state index in [9.17, 15) is 10.1 Å². The lowest BCUT2D eigenvalue weighted by Crippen LogP contribution is -2.09. The molecule has 0 bridgehead atoms. The predicted molar refractivity (Wildman–Crippen MR) is 149 cm³/mol. The van der Waals surface area contributed by atoms with E-state index in [0.717, 1.165) is 18.4 Å². The maximum atomic E-state index is 11.8. The number of nitro groups is 1. The zero-order chi connectivity index (χ0) is 26.0. The molecule has 0 atom stereocenters. The zero-order valence-electron chi connectivity index (χ0n) is 22.5. The number of hydrogen-bond acceptors (Lipinski definition) is 7. The number of rotatable bonds is 20. The Labute approximate surface area is 216 Å². The zero-order valence-corrected chi connectivity index (χ0v) is 22.5. The van der Waals surface area contributed by atoms with Gasteiger partial charge >= 0.3 is 5.69 Å². The van der Waals surface area contributed by atoms with Gasteiger partial charge in [0.05, 0.1) is 17.7 Å². The first-order chi connectivity index (χ1) is 17.6. The minimum atomic E-state index is -0.446. The van der Waals surface area contributed by atoms with Gasteiger partial charge in [-0.3, -0.25) is 10.1 Å². The van der Waals surface area contributed by atoms with E-state index in [2.05, 4.69) is 27.5 Å². The average Bonchev–Trinajstić information content (AvgIpc) is 2.86. The van der Waals surface area contributed by atoms with Crippen molar-refractivity contribution in [2.75, 3.05) is 24.3 Å². The lowest BCUT2D eigenvalue weighted by atomic mass is 10.0. The highest BCUT2D eigenvalue weighted by atomic mass is 16.6. The first kappa shape index (κ1) is 29.3. The SMILES string of the molecule is CCCCCCCCCCCCCCCCNc1ncnc(Nc2cc(C)ccc2OC)c1[N+](=O)[O-]. The molecule has 2 N–H and O–H groups in total. The summed E-state index contributed by atoms with van der Waals surface area (Å²) in [5, 5.41) is 18.0. The lowest BCUT2D eigenvalue weighted by Gasteiger charge is -2.13. The summed E-state index contributed by atoms with van der Waals surface area (Å²) in [5.41, 5.74) is 1.47. The molecule has 0 spiro atoms. The summed E-state index contributed by atoms with van der Waals surface area (Å²) >= 11 is 0. The van der Waals surface area contributed by atoms with E-state index in [1.54, 1.807) is 7.11 Å². The van der Waals surface area contributed by atoms with Crippen molar-refractivity contribution in [1.82, 2.24) is 9.97 Å². The van der Waals surface area contributed by atoms with Gasteiger partial charge in [-0.1, -0.05) is 96.5 Å². The smallest absolute Gasteiger partial charge is 0.353 e. The highest BCUT2D eigenvalue weighted by Crippen LogP contribution is 2.34. The normalized spacial score (nSPS) is 10.9. The van der Waals surface area contributed by atoms with E-state index in [0.29, 0.717) is 18.0 Å². The fourth-order valence-corrected chi connectivity index (χ4v) is 4.35. The Morgan fingerprint density at radius 2 is 1.42 bits per heavy atom. The van der Waals surface area contributed by atoms with Gasteiger partial charge in [0.25, 0.3) is 0 Å². The standard InChI is InChI=1S/C28H45N5O3/c1-4-5-6-7-8-9-10-11-12-13-14-15-16-17-20-29-27-26(33(34)35)28(31-22-30-27)32-24-21-23(2)18-19-25(24)36-3/h18-19,21-22H,4-17,20H2,1-3H3,(H2,29,30,31,32). The number of aromatic nitrogens is 2. The first-order valence-corrected chi connectivity index (χ1v) is 13.7. The topological polar surface area (TPSA) is 102 Å². The van der Waals surface area contributed by atoms with Crippen molar-refractivity contribution >= 4 is 23.0 Å².